The van der Waals surface area contributed by atoms with E-state index < -0.39 is 38.2 Å². The van der Waals surface area contributed by atoms with Gasteiger partial charge in [-0.25, -0.2) is 18.1 Å². The highest BCUT2D eigenvalue weighted by atomic mass is 32.2. The summed E-state index contributed by atoms with van der Waals surface area (Å²) in [6.07, 6.45) is 1.29. The summed E-state index contributed by atoms with van der Waals surface area (Å²) in [6, 6.07) is 10.0. The molecule has 33 heavy (non-hydrogen) atoms. The molecule has 0 radical (unpaired) electrons. The first-order chi connectivity index (χ1) is 15.4. The van der Waals surface area contributed by atoms with Gasteiger partial charge in [-0.15, -0.1) is 0 Å². The van der Waals surface area contributed by atoms with E-state index in [1.54, 1.807) is 30.3 Å². The van der Waals surface area contributed by atoms with Crippen molar-refractivity contribution in [3.63, 3.8) is 0 Å². The summed E-state index contributed by atoms with van der Waals surface area (Å²) in [4.78, 5) is 26.9. The number of nitrogens with zero attached hydrogens (tertiary/aromatic N) is 3. The number of rotatable bonds is 4. The van der Waals surface area contributed by atoms with Crippen molar-refractivity contribution in [2.24, 2.45) is 0 Å². The van der Waals surface area contributed by atoms with Gasteiger partial charge >= 0.3 is 11.5 Å². The molecule has 1 fully saturated rings. The molecule has 172 valence electrons. The van der Waals surface area contributed by atoms with Crippen LogP contribution in [0.5, 0.6) is 0 Å². The molecule has 0 bridgehead atoms. The second-order valence-electron chi connectivity index (χ2n) is 7.39. The van der Waals surface area contributed by atoms with Crippen molar-refractivity contribution in [3.05, 3.63) is 71.6 Å². The average Bonchev–Trinajstić information content (AvgIpc) is 2.98. The van der Waals surface area contributed by atoms with Gasteiger partial charge in [-0.05, 0) is 42.8 Å². The van der Waals surface area contributed by atoms with E-state index >= 15 is 0 Å². The maximum atomic E-state index is 13.0. The van der Waals surface area contributed by atoms with Crippen molar-refractivity contribution in [1.29, 1.82) is 0 Å². The minimum Gasteiger partial charge on any atom is -0.618 e. The summed E-state index contributed by atoms with van der Waals surface area (Å²) in [5.41, 5.74) is -4.52. The Morgan fingerprint density at radius 1 is 1.03 bits per heavy atom. The normalized spacial score (nSPS) is 17.3. The fourth-order valence-electron chi connectivity index (χ4n) is 3.65. The van der Waals surface area contributed by atoms with E-state index in [9.17, 15) is 36.4 Å². The highest BCUT2D eigenvalue weighted by Crippen LogP contribution is 2.33. The third kappa shape index (κ3) is 3.65. The summed E-state index contributed by atoms with van der Waals surface area (Å²) in [5.74, 6) is -0.620. The van der Waals surface area contributed by atoms with Gasteiger partial charge in [0.05, 0.1) is 16.0 Å². The molecule has 1 aromatic heterocycles. The fraction of sp³-hybridized carbons (Fsp3) is 0.190. The lowest BCUT2D eigenvalue weighted by atomic mass is 10.1. The van der Waals surface area contributed by atoms with Crippen LogP contribution in [0.15, 0.2) is 65.7 Å². The molecule has 1 aliphatic heterocycles. The van der Waals surface area contributed by atoms with Crippen LogP contribution in [0.3, 0.4) is 0 Å². The van der Waals surface area contributed by atoms with E-state index in [0.717, 1.165) is 17.0 Å². The molecule has 0 spiro atoms. The topological polar surface area (TPSA) is 102 Å². The van der Waals surface area contributed by atoms with Crippen LogP contribution in [0.1, 0.15) is 12.5 Å². The Labute approximate surface area is 185 Å². The predicted octanol–water partition coefficient (Wildman–Crippen LogP) is 3.12. The lowest BCUT2D eigenvalue weighted by molar-refractivity contribution is -0.577. The van der Waals surface area contributed by atoms with Gasteiger partial charge in [0.15, 0.2) is 6.20 Å². The highest BCUT2D eigenvalue weighted by molar-refractivity contribution is 7.92. The molecule has 0 aliphatic carbocycles. The molecule has 2 aromatic carbocycles. The number of benzene rings is 2. The number of carbonyl (C=O) groups is 2. The van der Waals surface area contributed by atoms with Crippen molar-refractivity contribution in [2.75, 3.05) is 4.90 Å². The number of pyridine rings is 1. The minimum absolute atomic E-state index is 0.00410. The summed E-state index contributed by atoms with van der Waals surface area (Å²) in [5, 5.41) is 12.6. The number of fused-ring (bicyclic) bond motifs is 1. The summed E-state index contributed by atoms with van der Waals surface area (Å²) < 4.78 is 62.0. The average molecular weight is 479 g/mol. The van der Waals surface area contributed by atoms with Crippen molar-refractivity contribution in [2.45, 2.75) is 29.9 Å². The Morgan fingerprint density at radius 3 is 2.30 bits per heavy atom. The number of hydrogen-bond acceptors (Lipinski definition) is 5. The Kier molecular flexibility index (Phi) is 5.27. The lowest BCUT2D eigenvalue weighted by Crippen LogP contribution is -2.34. The third-order valence-corrected chi connectivity index (χ3v) is 6.93. The number of aromatic nitrogens is 1. The Hall–Kier alpha value is -3.67. The van der Waals surface area contributed by atoms with E-state index in [1.807, 2.05) is 0 Å². The number of alkyl halides is 3. The smallest absolute Gasteiger partial charge is 0.501 e. The second kappa shape index (κ2) is 7.73. The number of imide groups is 1. The van der Waals surface area contributed by atoms with Gasteiger partial charge in [-0.3, -0.25) is 4.79 Å². The molecule has 1 saturated heterocycles. The van der Waals surface area contributed by atoms with E-state index in [0.29, 0.717) is 33.3 Å². The highest BCUT2D eigenvalue weighted by Gasteiger charge is 2.47. The quantitative estimate of drug-likeness (QED) is 0.325. The maximum absolute atomic E-state index is 13.0. The zero-order valence-electron chi connectivity index (χ0n) is 17.0. The van der Waals surface area contributed by atoms with E-state index in [2.05, 4.69) is 0 Å². The van der Waals surface area contributed by atoms with Crippen molar-refractivity contribution < 1.29 is 35.9 Å². The first kappa shape index (κ1) is 22.5. The zero-order chi connectivity index (χ0) is 24.1. The van der Waals surface area contributed by atoms with Crippen molar-refractivity contribution >= 4 is 38.4 Å². The zero-order valence-corrected chi connectivity index (χ0v) is 17.8. The summed E-state index contributed by atoms with van der Waals surface area (Å²) in [7, 11) is -5.56. The third-order valence-electron chi connectivity index (χ3n) is 5.43. The van der Waals surface area contributed by atoms with Gasteiger partial charge in [0.2, 0.25) is 5.52 Å². The molecule has 0 unspecified atom stereocenters. The van der Waals surface area contributed by atoms with Crippen LogP contribution in [-0.4, -0.2) is 36.8 Å². The van der Waals surface area contributed by atoms with Gasteiger partial charge < -0.3 is 10.1 Å². The molecular weight excluding hydrogens is 463 g/mol. The molecule has 4 rings (SSSR count). The molecule has 0 saturated carbocycles. The number of carbonyl (C=O) groups excluding carboxylic acids is 2. The number of hydrogen-bond donors (Lipinski definition) is 0. The number of halogens is 3. The van der Waals surface area contributed by atoms with Crippen LogP contribution in [0.2, 0.25) is 0 Å². The van der Waals surface area contributed by atoms with Gasteiger partial charge in [0.1, 0.15) is 6.04 Å². The molecule has 1 aliphatic rings. The first-order valence-electron chi connectivity index (χ1n) is 9.59. The van der Waals surface area contributed by atoms with E-state index in [1.165, 1.54) is 18.0 Å². The largest absolute Gasteiger partial charge is 0.618 e. The van der Waals surface area contributed by atoms with Crippen LogP contribution in [0, 0.1) is 5.21 Å². The van der Waals surface area contributed by atoms with Crippen LogP contribution < -0.4 is 9.63 Å². The van der Waals surface area contributed by atoms with Crippen LogP contribution in [-0.2, 0) is 21.2 Å². The number of para-hydroxylation sites is 1. The number of urea groups is 1. The molecule has 1 atom stereocenters. The van der Waals surface area contributed by atoms with Gasteiger partial charge in [-0.2, -0.15) is 17.9 Å². The summed E-state index contributed by atoms with van der Waals surface area (Å²) >= 11 is 0. The molecule has 3 aromatic rings. The Morgan fingerprint density at radius 2 is 1.67 bits per heavy atom. The Balaban J connectivity index is 1.64. The van der Waals surface area contributed by atoms with Crippen molar-refractivity contribution in [1.82, 2.24) is 4.90 Å². The molecule has 0 N–H and O–H groups in total. The van der Waals surface area contributed by atoms with E-state index in [4.69, 9.17) is 0 Å². The molecule has 3 amide bonds. The SMILES string of the molecule is C[C@H]1C(=O)N(c2ccc(S(=O)(=O)C(F)(F)F)cc2)C(=O)N1Cc1cc[n+]([O-])c2ccccc12. The van der Waals surface area contributed by atoms with Crippen molar-refractivity contribution in [3.8, 4) is 0 Å². The standard InChI is InChI=1S/C21H16F3N3O5S/c1-13-19(28)27(15-6-8-16(9-7-15)33(31,32)21(22,23)24)20(29)25(13)12-14-10-11-26(30)18-5-3-2-4-17(14)18/h2-11,13H,12H2,1H3/t13-/m0/s1. The minimum atomic E-state index is -5.56. The monoisotopic (exact) mass is 479 g/mol. The summed E-state index contributed by atoms with van der Waals surface area (Å²) in [6.45, 7) is 1.51. The predicted molar refractivity (Wildman–Crippen MR) is 110 cm³/mol. The number of sulfone groups is 1. The van der Waals surface area contributed by atoms with Crippen LogP contribution in [0.25, 0.3) is 10.9 Å². The maximum Gasteiger partial charge on any atom is 0.501 e. The van der Waals surface area contributed by atoms with Crippen LogP contribution in [0.4, 0.5) is 23.7 Å². The van der Waals surface area contributed by atoms with Gasteiger partial charge in [0, 0.05) is 18.7 Å². The molecule has 2 heterocycles. The molecular formula is C21H16F3N3O5S. The fourth-order valence-corrected chi connectivity index (χ4v) is 4.41. The van der Waals surface area contributed by atoms with Crippen LogP contribution >= 0.6 is 0 Å². The lowest BCUT2D eigenvalue weighted by Gasteiger charge is -2.20. The first-order valence-corrected chi connectivity index (χ1v) is 11.1. The second-order valence-corrected chi connectivity index (χ2v) is 9.33. The van der Waals surface area contributed by atoms with Gasteiger partial charge in [-0.1, -0.05) is 12.1 Å². The number of amides is 3. The molecule has 12 heteroatoms. The molecule has 8 nitrogen and oxygen atoms in total. The van der Waals surface area contributed by atoms with E-state index in [-0.39, 0.29) is 12.2 Å². The Bertz CT molecular complexity index is 1370. The number of anilines is 1. The van der Waals surface area contributed by atoms with Gasteiger partial charge in [0.25, 0.3) is 15.7 Å².